The number of fused-ring (bicyclic) bond motifs is 3. The molecule has 28 heavy (non-hydrogen) atoms. The monoisotopic (exact) mass is 383 g/mol. The van der Waals surface area contributed by atoms with E-state index in [9.17, 15) is 0 Å². The van der Waals surface area contributed by atoms with Crippen LogP contribution in [0.4, 0.5) is 17.6 Å². The lowest BCUT2D eigenvalue weighted by atomic mass is 10.1. The molecule has 0 aromatic carbocycles. The lowest BCUT2D eigenvalue weighted by molar-refractivity contribution is 0.0973. The summed E-state index contributed by atoms with van der Waals surface area (Å²) in [7, 11) is 0. The van der Waals surface area contributed by atoms with Crippen LogP contribution in [-0.4, -0.2) is 72.0 Å². The molecule has 2 fully saturated rings. The van der Waals surface area contributed by atoms with Crippen LogP contribution in [0.25, 0.3) is 11.4 Å². The standard InChI is InChI=1S/C19H25N7O2/c1-2-15-14(10-21-19(20)22-15)16-23-17(25-3-6-27-7-4-25)13-9-12-11-28-8-5-26(12)18(13)24-16/h10,12H,2-9,11H2,1H3,(H2,20,21,22)/t12-/m1/s1. The van der Waals surface area contributed by atoms with Crippen LogP contribution in [0.1, 0.15) is 18.2 Å². The Hall–Kier alpha value is -2.52. The molecule has 5 rings (SSSR count). The molecule has 3 aliphatic heterocycles. The molecule has 5 heterocycles. The lowest BCUT2D eigenvalue weighted by Gasteiger charge is -2.31. The Morgan fingerprint density at radius 3 is 2.68 bits per heavy atom. The molecule has 2 saturated heterocycles. The van der Waals surface area contributed by atoms with E-state index in [0.717, 1.165) is 81.8 Å². The maximum Gasteiger partial charge on any atom is 0.220 e. The molecule has 0 aliphatic carbocycles. The third-order valence-corrected chi connectivity index (χ3v) is 5.68. The maximum atomic E-state index is 5.80. The highest BCUT2D eigenvalue weighted by Gasteiger charge is 2.37. The van der Waals surface area contributed by atoms with Crippen molar-refractivity contribution in [2.75, 3.05) is 61.6 Å². The van der Waals surface area contributed by atoms with Crippen molar-refractivity contribution in [2.45, 2.75) is 25.8 Å². The molecule has 0 spiro atoms. The zero-order valence-electron chi connectivity index (χ0n) is 16.1. The Bertz CT molecular complexity index is 885. The predicted molar refractivity (Wildman–Crippen MR) is 106 cm³/mol. The molecule has 0 radical (unpaired) electrons. The number of hydrogen-bond acceptors (Lipinski definition) is 9. The van der Waals surface area contributed by atoms with E-state index in [-0.39, 0.29) is 5.95 Å². The highest BCUT2D eigenvalue weighted by molar-refractivity contribution is 5.71. The van der Waals surface area contributed by atoms with Crippen LogP contribution in [0.3, 0.4) is 0 Å². The lowest BCUT2D eigenvalue weighted by Crippen LogP contribution is -2.43. The molecule has 2 N–H and O–H groups in total. The van der Waals surface area contributed by atoms with Crippen molar-refractivity contribution in [3.63, 3.8) is 0 Å². The van der Waals surface area contributed by atoms with Gasteiger partial charge in [-0.25, -0.2) is 19.9 Å². The Kier molecular flexibility index (Phi) is 4.48. The number of nitrogens with two attached hydrogens (primary N) is 1. The van der Waals surface area contributed by atoms with Gasteiger partial charge < -0.3 is 25.0 Å². The van der Waals surface area contributed by atoms with Gasteiger partial charge in [0.15, 0.2) is 5.82 Å². The van der Waals surface area contributed by atoms with Gasteiger partial charge in [-0.1, -0.05) is 6.92 Å². The highest BCUT2D eigenvalue weighted by Crippen LogP contribution is 2.39. The van der Waals surface area contributed by atoms with E-state index in [4.69, 9.17) is 25.2 Å². The summed E-state index contributed by atoms with van der Waals surface area (Å²) >= 11 is 0. The minimum absolute atomic E-state index is 0.281. The van der Waals surface area contributed by atoms with Gasteiger partial charge in [0.05, 0.1) is 43.7 Å². The summed E-state index contributed by atoms with van der Waals surface area (Å²) in [5.74, 6) is 2.99. The first-order valence-corrected chi connectivity index (χ1v) is 9.94. The van der Waals surface area contributed by atoms with Crippen molar-refractivity contribution in [1.29, 1.82) is 0 Å². The van der Waals surface area contributed by atoms with Gasteiger partial charge in [-0.05, 0) is 6.42 Å². The van der Waals surface area contributed by atoms with E-state index in [1.54, 1.807) is 6.20 Å². The molecule has 148 valence electrons. The Balaban J connectivity index is 1.65. The molecule has 0 amide bonds. The minimum Gasteiger partial charge on any atom is -0.378 e. The zero-order valence-corrected chi connectivity index (χ0v) is 16.1. The van der Waals surface area contributed by atoms with Crippen LogP contribution in [0.2, 0.25) is 0 Å². The van der Waals surface area contributed by atoms with Crippen molar-refractivity contribution in [3.8, 4) is 11.4 Å². The third kappa shape index (κ3) is 2.94. The van der Waals surface area contributed by atoms with Crippen LogP contribution in [0, 0.1) is 0 Å². The van der Waals surface area contributed by atoms with Gasteiger partial charge in [-0.2, -0.15) is 0 Å². The minimum atomic E-state index is 0.281. The number of ether oxygens (including phenoxy) is 2. The molecule has 2 aromatic heterocycles. The van der Waals surface area contributed by atoms with Crippen molar-refractivity contribution in [1.82, 2.24) is 19.9 Å². The van der Waals surface area contributed by atoms with E-state index in [2.05, 4.69) is 26.7 Å². The number of morpholine rings is 2. The summed E-state index contributed by atoms with van der Waals surface area (Å²) in [6, 6.07) is 0.335. The number of rotatable bonds is 3. The van der Waals surface area contributed by atoms with Crippen LogP contribution in [0.5, 0.6) is 0 Å². The van der Waals surface area contributed by atoms with Crippen molar-refractivity contribution in [3.05, 3.63) is 17.5 Å². The zero-order chi connectivity index (χ0) is 19.1. The number of hydrogen-bond donors (Lipinski definition) is 1. The van der Waals surface area contributed by atoms with Gasteiger partial charge >= 0.3 is 0 Å². The average molecular weight is 383 g/mol. The fraction of sp³-hybridized carbons (Fsp3) is 0.579. The topological polar surface area (TPSA) is 103 Å². The molecule has 0 unspecified atom stereocenters. The Labute approximate surface area is 163 Å². The summed E-state index contributed by atoms with van der Waals surface area (Å²) in [6.45, 7) is 7.48. The Morgan fingerprint density at radius 1 is 1.07 bits per heavy atom. The first kappa shape index (κ1) is 17.6. The largest absolute Gasteiger partial charge is 0.378 e. The fourth-order valence-electron chi connectivity index (χ4n) is 4.27. The summed E-state index contributed by atoms with van der Waals surface area (Å²) in [4.78, 5) is 23.3. The molecule has 9 heteroatoms. The normalized spacial score (nSPS) is 21.5. The molecule has 0 saturated carbocycles. The number of aryl methyl sites for hydroxylation is 1. The van der Waals surface area contributed by atoms with Crippen molar-refractivity contribution >= 4 is 17.6 Å². The van der Waals surface area contributed by atoms with Gasteiger partial charge in [-0.3, -0.25) is 0 Å². The predicted octanol–water partition coefficient (Wildman–Crippen LogP) is 0.676. The smallest absolute Gasteiger partial charge is 0.220 e. The van der Waals surface area contributed by atoms with Gasteiger partial charge in [0, 0.05) is 37.8 Å². The summed E-state index contributed by atoms with van der Waals surface area (Å²) in [5, 5.41) is 0. The quantitative estimate of drug-likeness (QED) is 0.819. The average Bonchev–Trinajstić information content (AvgIpc) is 3.12. The number of nitrogen functional groups attached to an aromatic ring is 1. The molecular weight excluding hydrogens is 358 g/mol. The first-order chi connectivity index (χ1) is 13.7. The van der Waals surface area contributed by atoms with Gasteiger partial charge in [0.25, 0.3) is 0 Å². The number of nitrogens with zero attached hydrogens (tertiary/aromatic N) is 6. The molecule has 2 aromatic rings. The van der Waals surface area contributed by atoms with Crippen LogP contribution in [0.15, 0.2) is 6.20 Å². The molecule has 1 atom stereocenters. The number of anilines is 3. The van der Waals surface area contributed by atoms with E-state index in [0.29, 0.717) is 11.9 Å². The third-order valence-electron chi connectivity index (χ3n) is 5.68. The van der Waals surface area contributed by atoms with Gasteiger partial charge in [-0.15, -0.1) is 0 Å². The van der Waals surface area contributed by atoms with Crippen LogP contribution in [-0.2, 0) is 22.3 Å². The van der Waals surface area contributed by atoms with Gasteiger partial charge in [0.2, 0.25) is 5.95 Å². The van der Waals surface area contributed by atoms with Crippen LogP contribution < -0.4 is 15.5 Å². The summed E-state index contributed by atoms with van der Waals surface area (Å²) in [6.07, 6.45) is 3.41. The van der Waals surface area contributed by atoms with E-state index in [1.807, 2.05) is 0 Å². The fourth-order valence-corrected chi connectivity index (χ4v) is 4.27. The summed E-state index contributed by atoms with van der Waals surface area (Å²) in [5.41, 5.74) is 8.74. The van der Waals surface area contributed by atoms with Crippen LogP contribution >= 0.6 is 0 Å². The SMILES string of the molecule is CCc1nc(N)ncc1-c1nc(N2CCOCC2)c2c(n1)N1CCOC[C@H]1C2. The number of aromatic nitrogens is 4. The van der Waals surface area contributed by atoms with E-state index in [1.165, 1.54) is 5.56 Å². The molecule has 3 aliphatic rings. The maximum absolute atomic E-state index is 5.80. The second-order valence-corrected chi connectivity index (χ2v) is 7.34. The van der Waals surface area contributed by atoms with Gasteiger partial charge in [0.1, 0.15) is 11.6 Å². The highest BCUT2D eigenvalue weighted by atomic mass is 16.5. The molecule has 9 nitrogen and oxygen atoms in total. The first-order valence-electron chi connectivity index (χ1n) is 9.94. The van der Waals surface area contributed by atoms with Crippen molar-refractivity contribution < 1.29 is 9.47 Å². The Morgan fingerprint density at radius 2 is 1.86 bits per heavy atom. The summed E-state index contributed by atoms with van der Waals surface area (Å²) < 4.78 is 11.3. The molecule has 0 bridgehead atoms. The molecular formula is C19H25N7O2. The second-order valence-electron chi connectivity index (χ2n) is 7.34. The van der Waals surface area contributed by atoms with E-state index < -0.39 is 0 Å². The second kappa shape index (κ2) is 7.14. The van der Waals surface area contributed by atoms with Crippen molar-refractivity contribution in [2.24, 2.45) is 0 Å². The van der Waals surface area contributed by atoms with E-state index >= 15 is 0 Å².